The second-order valence-electron chi connectivity index (χ2n) is 6.74. The molecule has 1 N–H and O–H groups in total. The highest BCUT2D eigenvalue weighted by molar-refractivity contribution is 5.46. The van der Waals surface area contributed by atoms with Gasteiger partial charge in [-0.15, -0.1) is 0 Å². The lowest BCUT2D eigenvalue weighted by atomic mass is 10.0. The molecule has 0 bridgehead atoms. The van der Waals surface area contributed by atoms with E-state index in [1.54, 1.807) is 7.11 Å². The molecule has 0 atom stereocenters. The number of nitrogens with zero attached hydrogens (tertiary/aromatic N) is 2. The zero-order valence-electron chi connectivity index (χ0n) is 15.2. The summed E-state index contributed by atoms with van der Waals surface area (Å²) in [7, 11) is 1.68. The molecule has 1 aromatic carbocycles. The summed E-state index contributed by atoms with van der Waals surface area (Å²) in [6, 6.07) is 3.92. The number of benzene rings is 1. The minimum atomic E-state index is 0.425. The van der Waals surface area contributed by atoms with Gasteiger partial charge in [0.1, 0.15) is 11.5 Å². The highest BCUT2D eigenvalue weighted by Crippen LogP contribution is 2.30. The number of hydrogen-bond acceptors (Lipinski definition) is 6. The number of ether oxygens (including phenoxy) is 3. The summed E-state index contributed by atoms with van der Waals surface area (Å²) in [5, 5.41) is 10.7. The summed E-state index contributed by atoms with van der Waals surface area (Å²) in [4.78, 5) is 4.74. The van der Waals surface area contributed by atoms with Gasteiger partial charge in [0.15, 0.2) is 0 Å². The summed E-state index contributed by atoms with van der Waals surface area (Å²) < 4.78 is 16.2. The molecule has 6 nitrogen and oxygen atoms in total. The second-order valence-corrected chi connectivity index (χ2v) is 6.74. The fraction of sp³-hybridized carbons (Fsp3) is 0.684. The smallest absolute Gasteiger partial charge is 0.123 e. The van der Waals surface area contributed by atoms with E-state index in [2.05, 4.69) is 9.80 Å². The van der Waals surface area contributed by atoms with E-state index < -0.39 is 0 Å². The Labute approximate surface area is 150 Å². The monoisotopic (exact) mass is 350 g/mol. The molecule has 2 aliphatic heterocycles. The minimum absolute atomic E-state index is 0.425. The molecular weight excluding hydrogens is 320 g/mol. The number of hydrogen-bond donors (Lipinski definition) is 1. The summed E-state index contributed by atoms with van der Waals surface area (Å²) in [5.74, 6) is 1.25. The van der Waals surface area contributed by atoms with Crippen molar-refractivity contribution in [2.45, 2.75) is 19.4 Å². The molecule has 0 radical (unpaired) electrons. The van der Waals surface area contributed by atoms with E-state index >= 15 is 0 Å². The Morgan fingerprint density at radius 1 is 0.960 bits per heavy atom. The van der Waals surface area contributed by atoms with Crippen molar-refractivity contribution in [2.24, 2.45) is 0 Å². The first-order chi connectivity index (χ1) is 12.3. The second kappa shape index (κ2) is 9.38. The maximum absolute atomic E-state index is 10.7. The summed E-state index contributed by atoms with van der Waals surface area (Å²) in [5.41, 5.74) is 1.93. The SMILES string of the molecule is COc1cc(CCCN2CCOCC2)c(O)c(CN2CCOCC2)c1. The fourth-order valence-electron chi connectivity index (χ4n) is 3.48. The van der Waals surface area contributed by atoms with Gasteiger partial charge in [-0.2, -0.15) is 0 Å². The van der Waals surface area contributed by atoms with Gasteiger partial charge in [0.25, 0.3) is 0 Å². The summed E-state index contributed by atoms with van der Waals surface area (Å²) in [6.45, 7) is 8.78. The first-order valence-corrected chi connectivity index (χ1v) is 9.25. The standard InChI is InChI=1S/C19H30N2O4/c1-23-18-13-16(3-2-4-20-5-9-24-10-6-20)19(22)17(14-18)15-21-7-11-25-12-8-21/h13-14,22H,2-12,15H2,1H3. The number of methoxy groups -OCH3 is 1. The number of phenolic OH excluding ortho intramolecular Hbond substituents is 1. The lowest BCUT2D eigenvalue weighted by molar-refractivity contribution is 0.0338. The molecular formula is C19H30N2O4. The predicted octanol–water partition coefficient (Wildman–Crippen LogP) is 1.50. The van der Waals surface area contributed by atoms with Crippen molar-refractivity contribution in [3.8, 4) is 11.5 Å². The Morgan fingerprint density at radius 2 is 1.56 bits per heavy atom. The van der Waals surface area contributed by atoms with Gasteiger partial charge in [0.2, 0.25) is 0 Å². The molecule has 0 aliphatic carbocycles. The first-order valence-electron chi connectivity index (χ1n) is 9.25. The molecule has 1 aromatic rings. The van der Waals surface area contributed by atoms with Gasteiger partial charge >= 0.3 is 0 Å². The summed E-state index contributed by atoms with van der Waals surface area (Å²) in [6.07, 6.45) is 1.88. The van der Waals surface area contributed by atoms with Crippen molar-refractivity contribution in [1.29, 1.82) is 0 Å². The van der Waals surface area contributed by atoms with Crippen LogP contribution in [0.3, 0.4) is 0 Å². The van der Waals surface area contributed by atoms with Gasteiger partial charge in [-0.3, -0.25) is 9.80 Å². The molecule has 0 amide bonds. The van der Waals surface area contributed by atoms with Gasteiger partial charge in [0.05, 0.1) is 33.5 Å². The molecule has 0 aromatic heterocycles. The minimum Gasteiger partial charge on any atom is -0.507 e. The van der Waals surface area contributed by atoms with E-state index in [4.69, 9.17) is 14.2 Å². The number of morpholine rings is 2. The van der Waals surface area contributed by atoms with Gasteiger partial charge in [-0.05, 0) is 37.1 Å². The van der Waals surface area contributed by atoms with E-state index in [-0.39, 0.29) is 0 Å². The molecule has 25 heavy (non-hydrogen) atoms. The Morgan fingerprint density at radius 3 is 2.20 bits per heavy atom. The quantitative estimate of drug-likeness (QED) is 0.804. The Bertz CT molecular complexity index is 540. The Kier molecular flexibility index (Phi) is 6.93. The molecule has 2 aliphatic rings. The molecule has 0 saturated carbocycles. The van der Waals surface area contributed by atoms with Crippen LogP contribution in [0, 0.1) is 0 Å². The van der Waals surface area contributed by atoms with Gasteiger partial charge in [0, 0.05) is 38.3 Å². The Balaban J connectivity index is 1.61. The lowest BCUT2D eigenvalue weighted by Crippen LogP contribution is -2.37. The third-order valence-corrected chi connectivity index (χ3v) is 5.00. The zero-order valence-corrected chi connectivity index (χ0v) is 15.2. The highest BCUT2D eigenvalue weighted by atomic mass is 16.5. The van der Waals surface area contributed by atoms with Crippen LogP contribution in [0.1, 0.15) is 17.5 Å². The molecule has 140 valence electrons. The van der Waals surface area contributed by atoms with Crippen molar-refractivity contribution in [3.05, 3.63) is 23.3 Å². The normalized spacial score (nSPS) is 19.9. The van der Waals surface area contributed by atoms with Gasteiger partial charge in [-0.25, -0.2) is 0 Å². The van der Waals surface area contributed by atoms with Gasteiger partial charge in [-0.1, -0.05) is 0 Å². The molecule has 6 heteroatoms. The average Bonchev–Trinajstić information content (AvgIpc) is 2.66. The highest BCUT2D eigenvalue weighted by Gasteiger charge is 2.17. The topological polar surface area (TPSA) is 54.4 Å². The van der Waals surface area contributed by atoms with Crippen LogP contribution in [0.4, 0.5) is 0 Å². The molecule has 0 spiro atoms. The van der Waals surface area contributed by atoms with E-state index in [9.17, 15) is 5.11 Å². The molecule has 2 fully saturated rings. The fourth-order valence-corrected chi connectivity index (χ4v) is 3.48. The number of rotatable bonds is 7. The van der Waals surface area contributed by atoms with Crippen molar-refractivity contribution in [3.63, 3.8) is 0 Å². The van der Waals surface area contributed by atoms with Crippen LogP contribution in [0.5, 0.6) is 11.5 Å². The number of phenols is 1. The van der Waals surface area contributed by atoms with Gasteiger partial charge < -0.3 is 19.3 Å². The molecule has 0 unspecified atom stereocenters. The van der Waals surface area contributed by atoms with Crippen LogP contribution < -0.4 is 4.74 Å². The third kappa shape index (κ3) is 5.31. The predicted molar refractivity (Wildman–Crippen MR) is 96.3 cm³/mol. The molecule has 2 heterocycles. The number of aromatic hydroxyl groups is 1. The zero-order chi connectivity index (χ0) is 17.5. The molecule has 3 rings (SSSR count). The van der Waals surface area contributed by atoms with Crippen LogP contribution in [-0.2, 0) is 22.4 Å². The maximum Gasteiger partial charge on any atom is 0.123 e. The van der Waals surface area contributed by atoms with E-state index in [1.807, 2.05) is 12.1 Å². The van der Waals surface area contributed by atoms with E-state index in [1.165, 1.54) is 0 Å². The van der Waals surface area contributed by atoms with E-state index in [0.717, 1.165) is 95.4 Å². The maximum atomic E-state index is 10.7. The van der Waals surface area contributed by atoms with Crippen LogP contribution in [0.2, 0.25) is 0 Å². The van der Waals surface area contributed by atoms with Crippen LogP contribution in [0.15, 0.2) is 12.1 Å². The van der Waals surface area contributed by atoms with Crippen LogP contribution >= 0.6 is 0 Å². The lowest BCUT2D eigenvalue weighted by Gasteiger charge is -2.27. The number of aryl methyl sites for hydroxylation is 1. The third-order valence-electron chi connectivity index (χ3n) is 5.00. The largest absolute Gasteiger partial charge is 0.507 e. The van der Waals surface area contributed by atoms with E-state index in [0.29, 0.717) is 5.75 Å². The van der Waals surface area contributed by atoms with Crippen LogP contribution in [0.25, 0.3) is 0 Å². The van der Waals surface area contributed by atoms with Crippen molar-refractivity contribution < 1.29 is 19.3 Å². The summed E-state index contributed by atoms with van der Waals surface area (Å²) >= 11 is 0. The van der Waals surface area contributed by atoms with Crippen molar-refractivity contribution >= 4 is 0 Å². The molecule has 2 saturated heterocycles. The van der Waals surface area contributed by atoms with Crippen LogP contribution in [-0.4, -0.2) is 81.2 Å². The average molecular weight is 350 g/mol. The Hall–Kier alpha value is -1.34. The first kappa shape index (κ1) is 18.5. The van der Waals surface area contributed by atoms with Crippen molar-refractivity contribution in [2.75, 3.05) is 66.3 Å². The van der Waals surface area contributed by atoms with Crippen molar-refractivity contribution in [1.82, 2.24) is 9.80 Å².